The minimum atomic E-state index is 0.588. The van der Waals surface area contributed by atoms with Crippen molar-refractivity contribution in [2.45, 2.75) is 19.8 Å². The fourth-order valence-corrected chi connectivity index (χ4v) is 1.14. The van der Waals surface area contributed by atoms with Gasteiger partial charge in [0, 0.05) is 19.2 Å². The van der Waals surface area contributed by atoms with Crippen molar-refractivity contribution in [1.29, 1.82) is 5.26 Å². The van der Waals surface area contributed by atoms with Crippen molar-refractivity contribution in [1.82, 2.24) is 0 Å². The van der Waals surface area contributed by atoms with Gasteiger partial charge in [-0.25, -0.2) is 0 Å². The van der Waals surface area contributed by atoms with Crippen molar-refractivity contribution in [3.05, 3.63) is 35.4 Å². The van der Waals surface area contributed by atoms with Gasteiger partial charge in [-0.15, -0.1) is 0 Å². The van der Waals surface area contributed by atoms with Crippen molar-refractivity contribution < 1.29 is 0 Å². The highest BCUT2D eigenvalue weighted by Crippen LogP contribution is 2.03. The van der Waals surface area contributed by atoms with Crippen molar-refractivity contribution in [3.8, 4) is 6.07 Å². The predicted molar refractivity (Wildman–Crippen MR) is 58.5 cm³/mol. The number of hydrogen-bond acceptors (Lipinski definition) is 2. The van der Waals surface area contributed by atoms with Gasteiger partial charge in [-0.2, -0.15) is 5.26 Å². The molecule has 2 heteroatoms. The Morgan fingerprint density at radius 2 is 2.21 bits per heavy atom. The maximum atomic E-state index is 8.32. The molecule has 72 valence electrons. The van der Waals surface area contributed by atoms with Gasteiger partial charge >= 0.3 is 0 Å². The second-order valence-corrected chi connectivity index (χ2v) is 3.15. The summed E-state index contributed by atoms with van der Waals surface area (Å²) in [5.41, 5.74) is 2.39. The Morgan fingerprint density at radius 3 is 2.93 bits per heavy atom. The van der Waals surface area contributed by atoms with Gasteiger partial charge in [0.15, 0.2) is 0 Å². The second-order valence-electron chi connectivity index (χ2n) is 3.15. The summed E-state index contributed by atoms with van der Waals surface area (Å²) >= 11 is 0. The smallest absolute Gasteiger partial charge is 0.0622 e. The van der Waals surface area contributed by atoms with Crippen molar-refractivity contribution in [2.24, 2.45) is 4.99 Å². The van der Waals surface area contributed by atoms with Crippen LogP contribution in [-0.2, 0) is 0 Å². The molecule has 0 aromatic heterocycles. The van der Waals surface area contributed by atoms with E-state index in [0.717, 1.165) is 18.5 Å². The molecule has 1 aromatic rings. The summed E-state index contributed by atoms with van der Waals surface area (Å²) in [6, 6.07) is 10.2. The monoisotopic (exact) mass is 186 g/mol. The van der Waals surface area contributed by atoms with E-state index in [2.05, 4.69) is 24.1 Å². The Bertz CT molecular complexity index is 348. The summed E-state index contributed by atoms with van der Waals surface area (Å²) in [7, 11) is 0. The van der Waals surface area contributed by atoms with Crippen LogP contribution in [0.4, 0.5) is 0 Å². The van der Waals surface area contributed by atoms with Gasteiger partial charge in [-0.05, 0) is 24.5 Å². The first-order valence-electron chi connectivity index (χ1n) is 4.77. The van der Waals surface area contributed by atoms with Crippen LogP contribution in [0.15, 0.2) is 29.3 Å². The largest absolute Gasteiger partial charge is 0.293 e. The van der Waals surface area contributed by atoms with Crippen LogP contribution in [0.1, 0.15) is 24.0 Å². The molecule has 14 heavy (non-hydrogen) atoms. The quantitative estimate of drug-likeness (QED) is 0.526. The number of rotatable bonds is 4. The summed E-state index contributed by atoms with van der Waals surface area (Å²) in [5, 5.41) is 8.32. The molecule has 0 saturated heterocycles. The Labute approximate surface area is 84.9 Å². The molecule has 2 nitrogen and oxygen atoms in total. The lowest BCUT2D eigenvalue weighted by molar-refractivity contribution is 0.866. The topological polar surface area (TPSA) is 36.1 Å². The molecule has 0 aliphatic carbocycles. The highest BCUT2D eigenvalue weighted by atomic mass is 14.7. The third-order valence-electron chi connectivity index (χ3n) is 1.99. The molecule has 0 fully saturated rings. The zero-order valence-electron chi connectivity index (χ0n) is 8.40. The summed E-state index contributed by atoms with van der Waals surface area (Å²) in [6.45, 7) is 2.80. The fourth-order valence-electron chi connectivity index (χ4n) is 1.14. The lowest BCUT2D eigenvalue weighted by atomic mass is 10.1. The molecule has 0 spiro atoms. The van der Waals surface area contributed by atoms with Crippen molar-refractivity contribution in [3.63, 3.8) is 0 Å². The van der Waals surface area contributed by atoms with Crippen molar-refractivity contribution in [2.75, 3.05) is 6.54 Å². The zero-order chi connectivity index (χ0) is 10.2. The Kier molecular flexibility index (Phi) is 4.43. The third kappa shape index (κ3) is 3.40. The maximum absolute atomic E-state index is 8.32. The van der Waals surface area contributed by atoms with Gasteiger partial charge in [0.2, 0.25) is 0 Å². The molecule has 0 atom stereocenters. The molecule has 0 unspecified atom stereocenters. The number of unbranched alkanes of at least 4 members (excludes halogenated alkanes) is 1. The van der Waals surface area contributed by atoms with Crippen LogP contribution in [0.25, 0.3) is 0 Å². The standard InChI is InChI=1S/C12H14N2/c1-11-6-2-3-7-12(11)10-14-9-5-4-8-13/h2-3,6-7,10H,4-5,9H2,1H3/b14-10+. The van der Waals surface area contributed by atoms with Gasteiger partial charge in [0.05, 0.1) is 6.07 Å². The molecule has 0 saturated carbocycles. The summed E-state index contributed by atoms with van der Waals surface area (Å²) in [4.78, 5) is 4.26. The Hall–Kier alpha value is -1.62. The number of aryl methyl sites for hydroxylation is 1. The Morgan fingerprint density at radius 1 is 1.43 bits per heavy atom. The molecule has 0 amide bonds. The van der Waals surface area contributed by atoms with Crippen LogP contribution in [0, 0.1) is 18.3 Å². The first-order valence-corrected chi connectivity index (χ1v) is 4.77. The minimum absolute atomic E-state index is 0.588. The predicted octanol–water partition coefficient (Wildman–Crippen LogP) is 2.72. The number of benzene rings is 1. The molecule has 0 aliphatic heterocycles. The van der Waals surface area contributed by atoms with Crippen molar-refractivity contribution >= 4 is 6.21 Å². The average molecular weight is 186 g/mol. The molecule has 1 rings (SSSR count). The summed E-state index contributed by atoms with van der Waals surface area (Å²) in [6.07, 6.45) is 3.32. The van der Waals surface area contributed by atoms with Crippen LogP contribution in [-0.4, -0.2) is 12.8 Å². The van der Waals surface area contributed by atoms with Gasteiger partial charge < -0.3 is 0 Å². The van der Waals surface area contributed by atoms with Crippen LogP contribution < -0.4 is 0 Å². The third-order valence-corrected chi connectivity index (χ3v) is 1.99. The lowest BCUT2D eigenvalue weighted by Crippen LogP contribution is -1.87. The summed E-state index contributed by atoms with van der Waals surface area (Å²) in [5.74, 6) is 0. The van der Waals surface area contributed by atoms with Crippen LogP contribution >= 0.6 is 0 Å². The fraction of sp³-hybridized carbons (Fsp3) is 0.333. The number of aliphatic imine (C=N–C) groups is 1. The van der Waals surface area contributed by atoms with E-state index in [4.69, 9.17) is 5.26 Å². The number of hydrogen-bond donors (Lipinski definition) is 0. The van der Waals surface area contributed by atoms with E-state index in [1.807, 2.05) is 24.4 Å². The van der Waals surface area contributed by atoms with E-state index >= 15 is 0 Å². The normalized spacial score (nSPS) is 10.3. The average Bonchev–Trinajstić information content (AvgIpc) is 2.20. The molecule has 0 heterocycles. The first kappa shape index (κ1) is 10.5. The van der Waals surface area contributed by atoms with E-state index in [1.165, 1.54) is 5.56 Å². The first-order chi connectivity index (χ1) is 6.84. The number of nitriles is 1. The van der Waals surface area contributed by atoms with Gasteiger partial charge in [-0.3, -0.25) is 4.99 Å². The molecule has 0 radical (unpaired) electrons. The SMILES string of the molecule is Cc1ccccc1/C=N/CCCC#N. The molecule has 0 bridgehead atoms. The zero-order valence-corrected chi connectivity index (χ0v) is 8.40. The molecule has 0 N–H and O–H groups in total. The van der Waals surface area contributed by atoms with Crippen LogP contribution in [0.3, 0.4) is 0 Å². The van der Waals surface area contributed by atoms with E-state index < -0.39 is 0 Å². The van der Waals surface area contributed by atoms with E-state index in [-0.39, 0.29) is 0 Å². The van der Waals surface area contributed by atoms with E-state index in [1.54, 1.807) is 0 Å². The maximum Gasteiger partial charge on any atom is 0.0622 e. The van der Waals surface area contributed by atoms with E-state index in [9.17, 15) is 0 Å². The van der Waals surface area contributed by atoms with Crippen LogP contribution in [0.5, 0.6) is 0 Å². The highest BCUT2D eigenvalue weighted by molar-refractivity contribution is 5.81. The molecule has 0 aliphatic rings. The van der Waals surface area contributed by atoms with Gasteiger partial charge in [0.1, 0.15) is 0 Å². The minimum Gasteiger partial charge on any atom is -0.293 e. The van der Waals surface area contributed by atoms with Gasteiger partial charge in [0.25, 0.3) is 0 Å². The molecule has 1 aromatic carbocycles. The Balaban J connectivity index is 2.45. The molecular weight excluding hydrogens is 172 g/mol. The van der Waals surface area contributed by atoms with Gasteiger partial charge in [-0.1, -0.05) is 24.3 Å². The lowest BCUT2D eigenvalue weighted by Gasteiger charge is -1.97. The van der Waals surface area contributed by atoms with E-state index in [0.29, 0.717) is 6.42 Å². The second kappa shape index (κ2) is 5.93. The van der Waals surface area contributed by atoms with Crippen LogP contribution in [0.2, 0.25) is 0 Å². The highest BCUT2D eigenvalue weighted by Gasteiger charge is 1.90. The molecular formula is C12H14N2. The summed E-state index contributed by atoms with van der Waals surface area (Å²) < 4.78 is 0. The number of nitrogens with zero attached hydrogens (tertiary/aromatic N) is 2.